The summed E-state index contributed by atoms with van der Waals surface area (Å²) in [6.45, 7) is 4.89. The van der Waals surface area contributed by atoms with Gasteiger partial charge in [-0.25, -0.2) is 0 Å². The van der Waals surface area contributed by atoms with Crippen molar-refractivity contribution in [2.24, 2.45) is 5.92 Å². The average Bonchev–Trinajstić information content (AvgIpc) is 3.28. The van der Waals surface area contributed by atoms with E-state index < -0.39 is 0 Å². The van der Waals surface area contributed by atoms with Gasteiger partial charge in [0.05, 0.1) is 5.56 Å². The highest BCUT2D eigenvalue weighted by Crippen LogP contribution is 2.27. The molecule has 5 nitrogen and oxygen atoms in total. The molecular formula is C18H27N3O2S. The predicted molar refractivity (Wildman–Crippen MR) is 96.2 cm³/mol. The third-order valence-electron chi connectivity index (χ3n) is 5.13. The van der Waals surface area contributed by atoms with E-state index in [0.29, 0.717) is 18.9 Å². The van der Waals surface area contributed by atoms with Crippen LogP contribution in [0.15, 0.2) is 16.8 Å². The molecule has 3 rings (SSSR count). The zero-order chi connectivity index (χ0) is 16.8. The summed E-state index contributed by atoms with van der Waals surface area (Å²) in [4.78, 5) is 28.5. The van der Waals surface area contributed by atoms with Crippen molar-refractivity contribution in [1.29, 1.82) is 0 Å². The number of hydrogen-bond donors (Lipinski definition) is 1. The van der Waals surface area contributed by atoms with E-state index in [1.165, 1.54) is 25.7 Å². The van der Waals surface area contributed by atoms with Crippen molar-refractivity contribution >= 4 is 23.2 Å². The highest BCUT2D eigenvalue weighted by Gasteiger charge is 2.22. The van der Waals surface area contributed by atoms with Crippen LogP contribution < -0.4 is 5.32 Å². The molecule has 0 radical (unpaired) electrons. The van der Waals surface area contributed by atoms with Crippen LogP contribution in [0.2, 0.25) is 0 Å². The van der Waals surface area contributed by atoms with Crippen molar-refractivity contribution in [3.63, 3.8) is 0 Å². The van der Waals surface area contributed by atoms with Gasteiger partial charge in [0, 0.05) is 51.1 Å². The smallest absolute Gasteiger partial charge is 0.254 e. The largest absolute Gasteiger partial charge is 0.355 e. The molecule has 1 aliphatic heterocycles. The highest BCUT2D eigenvalue weighted by atomic mass is 32.1. The Morgan fingerprint density at radius 2 is 1.92 bits per heavy atom. The first-order chi connectivity index (χ1) is 11.7. The Bertz CT molecular complexity index is 532. The summed E-state index contributed by atoms with van der Waals surface area (Å²) >= 11 is 1.56. The van der Waals surface area contributed by atoms with Crippen LogP contribution in [0.4, 0.5) is 0 Å². The fraction of sp³-hybridized carbons (Fsp3) is 0.667. The van der Waals surface area contributed by atoms with Crippen LogP contribution in [0, 0.1) is 5.92 Å². The van der Waals surface area contributed by atoms with Crippen LogP contribution in [-0.2, 0) is 4.79 Å². The van der Waals surface area contributed by atoms with Crippen molar-refractivity contribution in [3.05, 3.63) is 22.4 Å². The van der Waals surface area contributed by atoms with Gasteiger partial charge >= 0.3 is 0 Å². The number of nitrogens with zero attached hydrogens (tertiary/aromatic N) is 2. The second kappa shape index (κ2) is 8.62. The standard InChI is InChI=1S/C18H27N3O2S/c22-17(13-15-3-1-2-4-15)19-6-7-20-8-10-21(11-9-20)18(23)16-5-12-24-14-16/h5,12,14-15H,1-4,6-11,13H2,(H,19,22). The zero-order valence-electron chi connectivity index (χ0n) is 14.2. The van der Waals surface area contributed by atoms with Crippen LogP contribution in [0.3, 0.4) is 0 Å². The molecule has 0 spiro atoms. The minimum Gasteiger partial charge on any atom is -0.355 e. The van der Waals surface area contributed by atoms with Crippen LogP contribution in [0.5, 0.6) is 0 Å². The minimum absolute atomic E-state index is 0.140. The lowest BCUT2D eigenvalue weighted by Crippen LogP contribution is -2.50. The average molecular weight is 350 g/mol. The second-order valence-electron chi connectivity index (χ2n) is 6.85. The first-order valence-electron chi connectivity index (χ1n) is 9.03. The molecule has 0 aromatic carbocycles. The maximum absolute atomic E-state index is 12.3. The summed E-state index contributed by atoms with van der Waals surface area (Å²) in [5, 5.41) is 6.91. The predicted octanol–water partition coefficient (Wildman–Crippen LogP) is 2.20. The molecule has 2 fully saturated rings. The molecule has 2 aliphatic rings. The first-order valence-corrected chi connectivity index (χ1v) is 9.97. The maximum atomic E-state index is 12.3. The Morgan fingerprint density at radius 1 is 1.17 bits per heavy atom. The van der Waals surface area contributed by atoms with Crippen LogP contribution in [-0.4, -0.2) is 60.9 Å². The lowest BCUT2D eigenvalue weighted by Gasteiger charge is -2.34. The van der Waals surface area contributed by atoms with Crippen LogP contribution in [0.25, 0.3) is 0 Å². The van der Waals surface area contributed by atoms with E-state index in [0.717, 1.165) is 38.3 Å². The van der Waals surface area contributed by atoms with Gasteiger partial charge < -0.3 is 10.2 Å². The molecule has 0 bridgehead atoms. The Balaban J connectivity index is 1.31. The summed E-state index contributed by atoms with van der Waals surface area (Å²) in [5.41, 5.74) is 0.799. The molecule has 1 saturated heterocycles. The molecule has 0 atom stereocenters. The normalized spacial score (nSPS) is 19.6. The zero-order valence-corrected chi connectivity index (χ0v) is 15.0. The fourth-order valence-corrected chi connectivity index (χ4v) is 4.28. The molecular weight excluding hydrogens is 322 g/mol. The van der Waals surface area contributed by atoms with Crippen LogP contribution >= 0.6 is 11.3 Å². The summed E-state index contributed by atoms with van der Waals surface area (Å²) in [7, 11) is 0. The fourth-order valence-electron chi connectivity index (χ4n) is 3.65. The summed E-state index contributed by atoms with van der Waals surface area (Å²) in [6.07, 6.45) is 5.70. The third-order valence-corrected chi connectivity index (χ3v) is 5.81. The van der Waals surface area contributed by atoms with E-state index in [2.05, 4.69) is 10.2 Å². The SMILES string of the molecule is O=C(CC1CCCC1)NCCN1CCN(C(=O)c2ccsc2)CC1. The van der Waals surface area contributed by atoms with Crippen molar-refractivity contribution in [2.45, 2.75) is 32.1 Å². The van der Waals surface area contributed by atoms with Gasteiger partial charge in [-0.05, 0) is 30.2 Å². The molecule has 1 N–H and O–H groups in total. The number of piperazine rings is 1. The van der Waals surface area contributed by atoms with E-state index >= 15 is 0 Å². The topological polar surface area (TPSA) is 52.7 Å². The van der Waals surface area contributed by atoms with Crippen molar-refractivity contribution in [3.8, 4) is 0 Å². The number of amides is 2. The number of carbonyl (C=O) groups excluding carboxylic acids is 2. The minimum atomic E-state index is 0.140. The van der Waals surface area contributed by atoms with Gasteiger partial charge in [-0.15, -0.1) is 0 Å². The van der Waals surface area contributed by atoms with Crippen molar-refractivity contribution < 1.29 is 9.59 Å². The summed E-state index contributed by atoms with van der Waals surface area (Å²) < 4.78 is 0. The van der Waals surface area contributed by atoms with E-state index in [9.17, 15) is 9.59 Å². The Labute approximate surface area is 148 Å². The lowest BCUT2D eigenvalue weighted by molar-refractivity contribution is -0.122. The van der Waals surface area contributed by atoms with Crippen LogP contribution in [0.1, 0.15) is 42.5 Å². The van der Waals surface area contributed by atoms with E-state index in [4.69, 9.17) is 0 Å². The first kappa shape index (κ1) is 17.4. The Morgan fingerprint density at radius 3 is 2.58 bits per heavy atom. The van der Waals surface area contributed by atoms with Gasteiger partial charge in [0.15, 0.2) is 0 Å². The third kappa shape index (κ3) is 4.80. The van der Waals surface area contributed by atoms with Gasteiger partial charge in [0.2, 0.25) is 5.91 Å². The molecule has 1 aromatic heterocycles. The molecule has 6 heteroatoms. The molecule has 1 aromatic rings. The molecule has 24 heavy (non-hydrogen) atoms. The molecule has 2 heterocycles. The van der Waals surface area contributed by atoms with E-state index in [1.54, 1.807) is 11.3 Å². The van der Waals surface area contributed by atoms with Crippen molar-refractivity contribution in [2.75, 3.05) is 39.3 Å². The van der Waals surface area contributed by atoms with Gasteiger partial charge in [-0.1, -0.05) is 12.8 Å². The van der Waals surface area contributed by atoms with E-state index in [1.807, 2.05) is 21.7 Å². The summed E-state index contributed by atoms with van der Waals surface area (Å²) in [5.74, 6) is 0.950. The second-order valence-corrected chi connectivity index (χ2v) is 7.63. The van der Waals surface area contributed by atoms with Gasteiger partial charge in [-0.3, -0.25) is 14.5 Å². The number of nitrogens with one attached hydrogen (secondary N) is 1. The molecule has 132 valence electrons. The molecule has 0 unspecified atom stereocenters. The molecule has 2 amide bonds. The lowest BCUT2D eigenvalue weighted by atomic mass is 10.0. The summed E-state index contributed by atoms with van der Waals surface area (Å²) in [6, 6.07) is 1.89. The number of carbonyl (C=O) groups is 2. The number of hydrogen-bond acceptors (Lipinski definition) is 4. The van der Waals surface area contributed by atoms with Crippen molar-refractivity contribution in [1.82, 2.24) is 15.1 Å². The van der Waals surface area contributed by atoms with Gasteiger partial charge in [0.25, 0.3) is 5.91 Å². The van der Waals surface area contributed by atoms with Gasteiger partial charge in [-0.2, -0.15) is 11.3 Å². The Hall–Kier alpha value is -1.40. The quantitative estimate of drug-likeness (QED) is 0.857. The monoisotopic (exact) mass is 349 g/mol. The highest BCUT2D eigenvalue weighted by molar-refractivity contribution is 7.08. The Kier molecular flexibility index (Phi) is 6.26. The number of rotatable bonds is 6. The molecule has 1 saturated carbocycles. The van der Waals surface area contributed by atoms with E-state index in [-0.39, 0.29) is 11.8 Å². The maximum Gasteiger partial charge on any atom is 0.254 e. The number of thiophene rings is 1. The molecule has 1 aliphatic carbocycles. The van der Waals surface area contributed by atoms with Gasteiger partial charge in [0.1, 0.15) is 0 Å².